The molecule has 0 bridgehead atoms. The molecule has 0 nitrogen and oxygen atoms in total. The fourth-order valence-electron chi connectivity index (χ4n) is 0. The minimum Gasteiger partial charge on any atom is -2.00 e. The third-order valence-corrected chi connectivity index (χ3v) is 0. The summed E-state index contributed by atoms with van der Waals surface area (Å²) in [7, 11) is 0. The predicted octanol–water partition coefficient (Wildman–Crippen LogP) is -0.0122. The van der Waals surface area contributed by atoms with Gasteiger partial charge in [-0.25, -0.2) is 0 Å². The number of hydrogen-bond donors (Lipinski definition) is 0. The summed E-state index contributed by atoms with van der Waals surface area (Å²) in [5.41, 5.74) is 0. The Hall–Kier alpha value is 3.74. The molecule has 0 atom stereocenters. The molecule has 6 heteroatoms. The second kappa shape index (κ2) is 37.4. The summed E-state index contributed by atoms with van der Waals surface area (Å²) < 4.78 is 0. The van der Waals surface area contributed by atoms with Gasteiger partial charge in [-0.3, -0.25) is 0 Å². The van der Waals surface area contributed by atoms with Crippen LogP contribution >= 0.6 is 0 Å². The Labute approximate surface area is 120 Å². The molecular formula is CeMoRhS3-6. The molecule has 0 amide bonds. The van der Waals surface area contributed by atoms with Crippen LogP contribution in [0.3, 0.4) is 0 Å². The van der Waals surface area contributed by atoms with E-state index in [9.17, 15) is 0 Å². The maximum atomic E-state index is 0. The first-order valence-corrected chi connectivity index (χ1v) is 0. The summed E-state index contributed by atoms with van der Waals surface area (Å²) in [6.07, 6.45) is 0. The second-order valence-electron chi connectivity index (χ2n) is 0. The van der Waals surface area contributed by atoms with Crippen molar-refractivity contribution in [2.45, 2.75) is 0 Å². The van der Waals surface area contributed by atoms with Gasteiger partial charge in [-0.15, -0.1) is 0 Å². The molecule has 0 rings (SSSR count). The minimum atomic E-state index is 0. The van der Waals surface area contributed by atoms with E-state index in [0.717, 1.165) is 0 Å². The zero-order valence-corrected chi connectivity index (χ0v) is 11.7. The Morgan fingerprint density at radius 3 is 0.667 bits per heavy atom. The smallest absolute Gasteiger partial charge is 0 e. The summed E-state index contributed by atoms with van der Waals surface area (Å²) in [6, 6.07) is 0. The van der Waals surface area contributed by atoms with Gasteiger partial charge in [0.05, 0.1) is 0 Å². The Bertz CT molecular complexity index is 10.8. The summed E-state index contributed by atoms with van der Waals surface area (Å²) >= 11 is 0. The Kier molecular flexibility index (Phi) is 332. The molecule has 0 aliphatic rings. The monoisotopic (exact) mass is 437 g/mol. The SMILES string of the molecule is [Ce].[Mo].[Rh].[S-2].[S-2].[S-2]. The predicted molar refractivity (Wildman–Crippen MR) is 22.1 cm³/mol. The van der Waals surface area contributed by atoms with Crippen LogP contribution in [0.4, 0.5) is 0 Å². The normalized spacial score (nSPS) is 0. The first kappa shape index (κ1) is 53.2. The maximum Gasteiger partial charge on any atom is 0 e. The Morgan fingerprint density at radius 2 is 0.667 bits per heavy atom. The zero-order chi connectivity index (χ0) is 0. The molecule has 0 aromatic rings. The van der Waals surface area contributed by atoms with Crippen molar-refractivity contribution in [3.05, 3.63) is 0 Å². The van der Waals surface area contributed by atoms with Crippen molar-refractivity contribution in [1.29, 1.82) is 0 Å². The summed E-state index contributed by atoms with van der Waals surface area (Å²) in [5, 5.41) is 0. The zero-order valence-electron chi connectivity index (χ0n) is 2.47. The average molecular weight is 435 g/mol. The van der Waals surface area contributed by atoms with Crippen LogP contribution in [0, 0.1) is 41.7 Å². The molecule has 1 radical (unpaired) electrons. The van der Waals surface area contributed by atoms with Crippen molar-refractivity contribution in [1.82, 2.24) is 0 Å². The molecule has 0 spiro atoms. The van der Waals surface area contributed by atoms with Crippen LogP contribution < -0.4 is 0 Å². The molecule has 0 aromatic carbocycles. The van der Waals surface area contributed by atoms with E-state index < -0.39 is 0 Å². The van der Waals surface area contributed by atoms with E-state index in [4.69, 9.17) is 0 Å². The molecule has 6 heavy (non-hydrogen) atoms. The van der Waals surface area contributed by atoms with Gasteiger partial charge in [0, 0.05) is 82.3 Å². The largest absolute Gasteiger partial charge is 2.00 e. The molecular weight excluding hydrogens is 435 g/mol. The van der Waals surface area contributed by atoms with E-state index in [0.29, 0.717) is 0 Å². The van der Waals surface area contributed by atoms with Gasteiger partial charge in [-0.1, -0.05) is 0 Å². The van der Waals surface area contributed by atoms with E-state index in [1.54, 1.807) is 0 Å². The molecule has 0 N–H and O–H groups in total. The molecule has 43 valence electrons. The summed E-state index contributed by atoms with van der Waals surface area (Å²) in [4.78, 5) is 0. The molecule has 0 aliphatic heterocycles. The third kappa shape index (κ3) is 25.1. The number of rotatable bonds is 0. The molecule has 0 heterocycles. The van der Waals surface area contributed by atoms with Crippen molar-refractivity contribution in [2.75, 3.05) is 0 Å². The molecule has 0 saturated heterocycles. The van der Waals surface area contributed by atoms with Gasteiger partial charge in [0.1, 0.15) is 0 Å². The molecule has 0 fully saturated rings. The van der Waals surface area contributed by atoms with Crippen LogP contribution in [0.2, 0.25) is 0 Å². The quantitative estimate of drug-likeness (QED) is 0.470. The third-order valence-electron chi connectivity index (χ3n) is 0. The van der Waals surface area contributed by atoms with E-state index in [1.165, 1.54) is 0 Å². The first-order chi connectivity index (χ1) is 0. The van der Waals surface area contributed by atoms with Crippen molar-refractivity contribution < 1.29 is 82.3 Å². The van der Waals surface area contributed by atoms with Crippen molar-refractivity contribution in [3.63, 3.8) is 0 Å². The van der Waals surface area contributed by atoms with E-state index in [2.05, 4.69) is 0 Å². The Balaban J connectivity index is 0. The standard InChI is InChI=1S/Ce.Mo.Rh.3S/q;;;3*-2. The molecule has 0 aromatic heterocycles. The van der Waals surface area contributed by atoms with E-state index in [-0.39, 0.29) is 123 Å². The summed E-state index contributed by atoms with van der Waals surface area (Å²) in [5.74, 6) is 0. The van der Waals surface area contributed by atoms with Crippen molar-refractivity contribution in [2.24, 2.45) is 0 Å². The van der Waals surface area contributed by atoms with Gasteiger partial charge in [0.2, 0.25) is 0 Å². The molecule has 0 unspecified atom stereocenters. The van der Waals surface area contributed by atoms with Gasteiger partial charge in [-0.2, -0.15) is 0 Å². The fraction of sp³-hybridized carbons (Fsp3) is 0. The first-order valence-electron chi connectivity index (χ1n) is 0. The molecule has 0 aliphatic carbocycles. The van der Waals surface area contributed by atoms with Gasteiger partial charge < -0.3 is 40.5 Å². The second-order valence-corrected chi connectivity index (χ2v) is 0. The van der Waals surface area contributed by atoms with Crippen molar-refractivity contribution >= 4 is 40.5 Å². The van der Waals surface area contributed by atoms with Crippen LogP contribution in [0.25, 0.3) is 0 Å². The fourth-order valence-corrected chi connectivity index (χ4v) is 0. The van der Waals surface area contributed by atoms with E-state index >= 15 is 0 Å². The van der Waals surface area contributed by atoms with Gasteiger partial charge >= 0.3 is 0 Å². The van der Waals surface area contributed by atoms with Crippen LogP contribution in [0.15, 0.2) is 0 Å². The summed E-state index contributed by atoms with van der Waals surface area (Å²) in [6.45, 7) is 0. The van der Waals surface area contributed by atoms with Crippen LogP contribution in [-0.2, 0) is 81.0 Å². The maximum absolute atomic E-state index is 0. The van der Waals surface area contributed by atoms with Crippen molar-refractivity contribution in [3.8, 4) is 0 Å². The van der Waals surface area contributed by atoms with Gasteiger partial charge in [-0.05, 0) is 0 Å². The number of hydrogen-bond acceptors (Lipinski definition) is 0. The average Bonchev–Trinajstić information content (AvgIpc) is 0. The van der Waals surface area contributed by atoms with Gasteiger partial charge in [0.25, 0.3) is 0 Å². The van der Waals surface area contributed by atoms with E-state index in [1.807, 2.05) is 0 Å². The molecule has 0 saturated carbocycles. The topological polar surface area (TPSA) is 0 Å². The Morgan fingerprint density at radius 1 is 0.667 bits per heavy atom. The van der Waals surface area contributed by atoms with Crippen LogP contribution in [0.1, 0.15) is 0 Å². The van der Waals surface area contributed by atoms with Gasteiger partial charge in [0.15, 0.2) is 0 Å². The van der Waals surface area contributed by atoms with Crippen LogP contribution in [0.5, 0.6) is 0 Å². The minimum absolute atomic E-state index is 0. The van der Waals surface area contributed by atoms with Crippen LogP contribution in [-0.4, -0.2) is 0 Å².